The molecule has 1 rings (SSSR count). The highest BCUT2D eigenvalue weighted by molar-refractivity contribution is 9.09. The Morgan fingerprint density at radius 1 is 1.73 bits per heavy atom. The topological polar surface area (TPSA) is 30.0 Å². The highest BCUT2D eigenvalue weighted by Crippen LogP contribution is 1.98. The number of carbonyl (C=O) groups is 1. The zero-order chi connectivity index (χ0) is 7.40. The van der Waals surface area contributed by atoms with Gasteiger partial charge in [-0.05, 0) is 12.1 Å². The summed E-state index contributed by atoms with van der Waals surface area (Å²) < 4.78 is 0. The van der Waals surface area contributed by atoms with Gasteiger partial charge in [-0.15, -0.1) is 0 Å². The largest absolute Gasteiger partial charge is 1.00 e. The fourth-order valence-corrected chi connectivity index (χ4v) is 0.929. The molecule has 0 aromatic carbocycles. The van der Waals surface area contributed by atoms with E-state index in [9.17, 15) is 4.79 Å². The van der Waals surface area contributed by atoms with Crippen molar-refractivity contribution in [3.05, 3.63) is 30.1 Å². The van der Waals surface area contributed by atoms with Gasteiger partial charge < -0.3 is 17.0 Å². The highest BCUT2D eigenvalue weighted by atomic mass is 79.9. The van der Waals surface area contributed by atoms with Crippen molar-refractivity contribution in [2.75, 3.05) is 5.33 Å². The summed E-state index contributed by atoms with van der Waals surface area (Å²) in [6.07, 6.45) is 3.20. The van der Waals surface area contributed by atoms with Crippen LogP contribution in [0.1, 0.15) is 11.8 Å². The van der Waals surface area contributed by atoms with E-state index in [1.54, 1.807) is 24.5 Å². The number of pyridine rings is 1. The van der Waals surface area contributed by atoms with Gasteiger partial charge in [0.25, 0.3) is 0 Å². The Morgan fingerprint density at radius 3 is 2.91 bits per heavy atom. The summed E-state index contributed by atoms with van der Waals surface area (Å²) in [4.78, 5) is 14.7. The number of halogens is 2. The van der Waals surface area contributed by atoms with Crippen LogP contribution in [-0.2, 0) is 0 Å². The number of nitrogens with zero attached hydrogens (tertiary/aromatic N) is 1. The summed E-state index contributed by atoms with van der Waals surface area (Å²) in [6, 6.07) is 3.49. The molecule has 0 spiro atoms. The summed E-state index contributed by atoms with van der Waals surface area (Å²) in [7, 11) is 0. The standard InChI is InChI=1S/C7H6BrNO.BrH/c8-4-7(10)6-2-1-3-9-5-6;/h1-3,5H,4H2;1H. The fourth-order valence-electron chi connectivity index (χ4n) is 0.605. The Morgan fingerprint density at radius 2 is 2.45 bits per heavy atom. The SMILES string of the molecule is O=C(CBr)c1cccnc1.[Br-].[H+]. The molecule has 60 valence electrons. The molecule has 0 N–H and O–H groups in total. The average molecular weight is 281 g/mol. The molecule has 0 saturated heterocycles. The van der Waals surface area contributed by atoms with E-state index in [1.807, 2.05) is 0 Å². The van der Waals surface area contributed by atoms with Gasteiger partial charge in [0.15, 0.2) is 5.78 Å². The lowest BCUT2D eigenvalue weighted by Gasteiger charge is -1.92. The van der Waals surface area contributed by atoms with Crippen LogP contribution < -0.4 is 17.0 Å². The third kappa shape index (κ3) is 3.12. The molecule has 0 aliphatic heterocycles. The van der Waals surface area contributed by atoms with E-state index in [2.05, 4.69) is 20.9 Å². The summed E-state index contributed by atoms with van der Waals surface area (Å²) >= 11 is 3.07. The number of alkyl halides is 1. The van der Waals surface area contributed by atoms with Crippen molar-refractivity contribution in [3.63, 3.8) is 0 Å². The predicted molar refractivity (Wildman–Crippen MR) is 43.5 cm³/mol. The van der Waals surface area contributed by atoms with Crippen LogP contribution in [0.5, 0.6) is 0 Å². The zero-order valence-corrected chi connectivity index (χ0v) is 8.80. The van der Waals surface area contributed by atoms with Crippen molar-refractivity contribution in [2.45, 2.75) is 0 Å². The first-order chi connectivity index (χ1) is 4.84. The van der Waals surface area contributed by atoms with Gasteiger partial charge in [0.1, 0.15) is 0 Å². The predicted octanol–water partition coefficient (Wildman–Crippen LogP) is -1.22. The van der Waals surface area contributed by atoms with E-state index in [0.29, 0.717) is 10.9 Å². The molecule has 0 amide bonds. The third-order valence-corrected chi connectivity index (χ3v) is 1.61. The van der Waals surface area contributed by atoms with Crippen molar-refractivity contribution in [3.8, 4) is 0 Å². The van der Waals surface area contributed by atoms with Crippen molar-refractivity contribution < 1.29 is 23.2 Å². The highest BCUT2D eigenvalue weighted by Gasteiger charge is 2.00. The number of ketones is 1. The van der Waals surface area contributed by atoms with Crippen LogP contribution in [0.4, 0.5) is 0 Å². The second-order valence-corrected chi connectivity index (χ2v) is 2.36. The van der Waals surface area contributed by atoms with E-state index in [0.717, 1.165) is 0 Å². The molecule has 0 atom stereocenters. The van der Waals surface area contributed by atoms with Crippen LogP contribution in [0, 0.1) is 0 Å². The Hall–Kier alpha value is -0.220. The maximum Gasteiger partial charge on any atom is 1.00 e. The smallest absolute Gasteiger partial charge is 1.00 e. The second-order valence-electron chi connectivity index (χ2n) is 1.80. The van der Waals surface area contributed by atoms with Crippen LogP contribution in [0.2, 0.25) is 0 Å². The summed E-state index contributed by atoms with van der Waals surface area (Å²) in [5, 5.41) is 0.360. The molecule has 0 aliphatic rings. The van der Waals surface area contributed by atoms with Crippen LogP contribution in [-0.4, -0.2) is 16.1 Å². The van der Waals surface area contributed by atoms with Crippen LogP contribution in [0.3, 0.4) is 0 Å². The fraction of sp³-hybridized carbons (Fsp3) is 0.143. The minimum atomic E-state index is 0. The van der Waals surface area contributed by atoms with Crippen LogP contribution in [0.25, 0.3) is 0 Å². The molecule has 0 saturated carbocycles. The molecule has 1 heterocycles. The molecule has 1 aromatic heterocycles. The molecule has 2 nitrogen and oxygen atoms in total. The van der Waals surface area contributed by atoms with Crippen molar-refractivity contribution in [1.29, 1.82) is 0 Å². The van der Waals surface area contributed by atoms with E-state index >= 15 is 0 Å². The summed E-state index contributed by atoms with van der Waals surface area (Å²) in [6.45, 7) is 0. The minimum Gasteiger partial charge on any atom is -1.00 e. The molecular formula is C7H7Br2NO. The lowest BCUT2D eigenvalue weighted by Crippen LogP contribution is -3.00. The van der Waals surface area contributed by atoms with E-state index < -0.39 is 0 Å². The van der Waals surface area contributed by atoms with Gasteiger partial charge in [0, 0.05) is 18.0 Å². The quantitative estimate of drug-likeness (QED) is 0.502. The average Bonchev–Trinajstić information content (AvgIpc) is 2.05. The molecule has 11 heavy (non-hydrogen) atoms. The van der Waals surface area contributed by atoms with Crippen molar-refractivity contribution in [2.24, 2.45) is 0 Å². The molecule has 0 aliphatic carbocycles. The van der Waals surface area contributed by atoms with Gasteiger partial charge >= 0.3 is 1.43 Å². The van der Waals surface area contributed by atoms with Crippen molar-refractivity contribution >= 4 is 21.7 Å². The molecule has 1 aromatic rings. The molecule has 0 radical (unpaired) electrons. The molecule has 0 bridgehead atoms. The lowest BCUT2D eigenvalue weighted by atomic mass is 10.2. The maximum absolute atomic E-state index is 10.9. The van der Waals surface area contributed by atoms with E-state index in [4.69, 9.17) is 0 Å². The van der Waals surface area contributed by atoms with Crippen molar-refractivity contribution in [1.82, 2.24) is 4.98 Å². The van der Waals surface area contributed by atoms with Crippen LogP contribution >= 0.6 is 15.9 Å². The Kier molecular flexibility index (Phi) is 5.32. The second kappa shape index (κ2) is 5.43. The number of aromatic nitrogens is 1. The molecular weight excluding hydrogens is 274 g/mol. The van der Waals surface area contributed by atoms with Gasteiger partial charge in [-0.1, -0.05) is 15.9 Å². The van der Waals surface area contributed by atoms with E-state index in [1.165, 1.54) is 0 Å². The minimum absolute atomic E-state index is 0. The number of hydrogen-bond donors (Lipinski definition) is 0. The first kappa shape index (κ1) is 10.8. The number of Topliss-reactive ketones (excluding diaryl/α,β-unsaturated/α-hetero) is 1. The summed E-state index contributed by atoms with van der Waals surface area (Å²) in [5.74, 6) is 0.0631. The van der Waals surface area contributed by atoms with Gasteiger partial charge in [0.05, 0.1) is 5.33 Å². The lowest BCUT2D eigenvalue weighted by molar-refractivity contribution is -0.00000979. The van der Waals surface area contributed by atoms with Gasteiger partial charge in [-0.3, -0.25) is 9.78 Å². The molecule has 4 heteroatoms. The Labute approximate surface area is 85.4 Å². The van der Waals surface area contributed by atoms with Crippen LogP contribution in [0.15, 0.2) is 24.5 Å². The van der Waals surface area contributed by atoms with E-state index in [-0.39, 0.29) is 24.2 Å². The van der Waals surface area contributed by atoms with Gasteiger partial charge in [-0.25, -0.2) is 0 Å². The van der Waals surface area contributed by atoms with Gasteiger partial charge in [0.2, 0.25) is 0 Å². The number of rotatable bonds is 2. The first-order valence-corrected chi connectivity index (χ1v) is 3.96. The summed E-state index contributed by atoms with van der Waals surface area (Å²) in [5.41, 5.74) is 0.652. The number of hydrogen-bond acceptors (Lipinski definition) is 2. The zero-order valence-electron chi connectivity index (χ0n) is 6.63. The molecule has 0 unspecified atom stereocenters. The molecule has 0 fully saturated rings. The van der Waals surface area contributed by atoms with Gasteiger partial charge in [-0.2, -0.15) is 0 Å². The third-order valence-electron chi connectivity index (χ3n) is 1.10. The Balaban J connectivity index is 0. The first-order valence-electron chi connectivity index (χ1n) is 2.84. The maximum atomic E-state index is 10.9. The Bertz CT molecular complexity index is 230. The normalized spacial score (nSPS) is 8.45. The number of carbonyl (C=O) groups excluding carboxylic acids is 1. The monoisotopic (exact) mass is 279 g/mol.